The Bertz CT molecular complexity index is 503. The number of nitrogens with one attached hydrogen (secondary N) is 2. The van der Waals surface area contributed by atoms with E-state index in [0.29, 0.717) is 4.88 Å². The largest absolute Gasteiger partial charge is 0.348 e. The molecule has 20 heavy (non-hydrogen) atoms. The summed E-state index contributed by atoms with van der Waals surface area (Å²) in [5.41, 5.74) is 1.98. The number of hydrogen-bond donors (Lipinski definition) is 3. The highest BCUT2D eigenvalue weighted by Crippen LogP contribution is 2.29. The van der Waals surface area contributed by atoms with Crippen molar-refractivity contribution in [3.8, 4) is 0 Å². The Labute approximate surface area is 123 Å². The molecule has 112 valence electrons. The van der Waals surface area contributed by atoms with Gasteiger partial charge in [-0.25, -0.2) is 5.48 Å². The molecule has 3 N–H and O–H groups in total. The van der Waals surface area contributed by atoms with Gasteiger partial charge in [-0.15, -0.1) is 11.3 Å². The first kappa shape index (κ1) is 16.7. The first-order chi connectivity index (χ1) is 9.20. The molecular weight excluding hydrogens is 276 g/mol. The van der Waals surface area contributed by atoms with Crippen LogP contribution in [-0.4, -0.2) is 17.0 Å². The third kappa shape index (κ3) is 3.80. The van der Waals surface area contributed by atoms with Crippen LogP contribution < -0.4 is 10.8 Å². The first-order valence-electron chi connectivity index (χ1n) is 6.56. The van der Waals surface area contributed by atoms with E-state index >= 15 is 0 Å². The molecule has 1 atom stereocenters. The molecule has 1 heterocycles. The van der Waals surface area contributed by atoms with Crippen molar-refractivity contribution in [2.45, 2.75) is 47.1 Å². The van der Waals surface area contributed by atoms with Crippen molar-refractivity contribution in [1.82, 2.24) is 10.8 Å². The highest BCUT2D eigenvalue weighted by Gasteiger charge is 2.25. The average Bonchev–Trinajstić information content (AvgIpc) is 2.75. The van der Waals surface area contributed by atoms with Gasteiger partial charge in [-0.3, -0.25) is 14.8 Å². The lowest BCUT2D eigenvalue weighted by atomic mass is 9.95. The molecule has 1 aromatic heterocycles. The molecule has 6 heteroatoms. The fraction of sp³-hybridized carbons (Fsp3) is 0.571. The predicted octanol–water partition coefficient (Wildman–Crippen LogP) is 2.79. The summed E-state index contributed by atoms with van der Waals surface area (Å²) in [4.78, 5) is 24.9. The van der Waals surface area contributed by atoms with Crippen LogP contribution in [0.3, 0.4) is 0 Å². The lowest BCUT2D eigenvalue weighted by Gasteiger charge is -2.22. The molecule has 0 aliphatic rings. The highest BCUT2D eigenvalue weighted by atomic mass is 32.1. The SMILES string of the molecule is CCC(NC(=O)C(C)(C)C)c1cc(C)c(C(=O)NO)s1. The Hall–Kier alpha value is -1.40. The van der Waals surface area contributed by atoms with Gasteiger partial charge >= 0.3 is 0 Å². The molecule has 1 aromatic rings. The van der Waals surface area contributed by atoms with Crippen molar-refractivity contribution >= 4 is 23.2 Å². The molecule has 0 aliphatic heterocycles. The van der Waals surface area contributed by atoms with Crippen LogP contribution in [0.2, 0.25) is 0 Å². The molecule has 0 aliphatic carbocycles. The van der Waals surface area contributed by atoms with Crippen LogP contribution in [0.4, 0.5) is 0 Å². The molecule has 2 amide bonds. The van der Waals surface area contributed by atoms with Gasteiger partial charge < -0.3 is 5.32 Å². The first-order valence-corrected chi connectivity index (χ1v) is 7.38. The van der Waals surface area contributed by atoms with Crippen LogP contribution in [-0.2, 0) is 4.79 Å². The lowest BCUT2D eigenvalue weighted by Crippen LogP contribution is -2.37. The fourth-order valence-corrected chi connectivity index (χ4v) is 2.90. The smallest absolute Gasteiger partial charge is 0.284 e. The lowest BCUT2D eigenvalue weighted by molar-refractivity contribution is -0.129. The number of aryl methyl sites for hydroxylation is 1. The molecule has 0 spiro atoms. The van der Waals surface area contributed by atoms with Gasteiger partial charge in [0.25, 0.3) is 5.91 Å². The molecule has 5 nitrogen and oxygen atoms in total. The molecule has 0 bridgehead atoms. The average molecular weight is 298 g/mol. The van der Waals surface area contributed by atoms with Gasteiger partial charge in [0.15, 0.2) is 0 Å². The Balaban J connectivity index is 2.97. The molecule has 0 fully saturated rings. The van der Waals surface area contributed by atoms with Gasteiger partial charge in [0.1, 0.15) is 0 Å². The Morgan fingerprint density at radius 3 is 2.45 bits per heavy atom. The predicted molar refractivity (Wildman–Crippen MR) is 78.9 cm³/mol. The summed E-state index contributed by atoms with van der Waals surface area (Å²) in [6.45, 7) is 9.37. The fourth-order valence-electron chi connectivity index (χ4n) is 1.70. The van der Waals surface area contributed by atoms with Crippen LogP contribution in [0.25, 0.3) is 0 Å². The maximum absolute atomic E-state index is 12.1. The zero-order valence-corrected chi connectivity index (χ0v) is 13.4. The van der Waals surface area contributed by atoms with Gasteiger partial charge in [-0.1, -0.05) is 27.7 Å². The number of hydrogen-bond acceptors (Lipinski definition) is 4. The molecule has 0 aromatic carbocycles. The Morgan fingerprint density at radius 1 is 1.40 bits per heavy atom. The van der Waals surface area contributed by atoms with E-state index in [9.17, 15) is 9.59 Å². The van der Waals surface area contributed by atoms with Crippen LogP contribution >= 0.6 is 11.3 Å². The zero-order chi connectivity index (χ0) is 15.5. The molecule has 1 rings (SSSR count). The van der Waals surface area contributed by atoms with Crippen molar-refractivity contribution in [1.29, 1.82) is 0 Å². The second kappa shape index (κ2) is 6.37. The molecular formula is C14H22N2O3S. The molecule has 0 radical (unpaired) electrons. The molecule has 0 saturated heterocycles. The Morgan fingerprint density at radius 2 is 2.00 bits per heavy atom. The number of rotatable bonds is 4. The van der Waals surface area contributed by atoms with Crippen molar-refractivity contribution < 1.29 is 14.8 Å². The van der Waals surface area contributed by atoms with Crippen LogP contribution in [0, 0.1) is 12.3 Å². The van der Waals surface area contributed by atoms with Gasteiger partial charge in [-0.2, -0.15) is 0 Å². The van der Waals surface area contributed by atoms with Gasteiger partial charge in [0.05, 0.1) is 10.9 Å². The number of hydroxylamine groups is 1. The van der Waals surface area contributed by atoms with Crippen molar-refractivity contribution in [3.05, 3.63) is 21.4 Å². The van der Waals surface area contributed by atoms with E-state index in [0.717, 1.165) is 16.9 Å². The maximum Gasteiger partial charge on any atom is 0.284 e. The Kier molecular flexibility index (Phi) is 5.30. The van der Waals surface area contributed by atoms with Gasteiger partial charge in [0, 0.05) is 10.3 Å². The summed E-state index contributed by atoms with van der Waals surface area (Å²) in [6, 6.07) is 1.76. The van der Waals surface area contributed by atoms with E-state index in [-0.39, 0.29) is 11.9 Å². The van der Waals surface area contributed by atoms with Crippen LogP contribution in [0.5, 0.6) is 0 Å². The standard InChI is InChI=1S/C14H22N2O3S/c1-6-9(15-13(18)14(3,4)5)10-7-8(2)11(20-10)12(17)16-19/h7,9,19H,6H2,1-5H3,(H,15,18)(H,16,17). The summed E-state index contributed by atoms with van der Waals surface area (Å²) in [6.07, 6.45) is 0.738. The van der Waals surface area contributed by atoms with E-state index in [1.165, 1.54) is 11.3 Å². The second-order valence-corrected chi connectivity index (χ2v) is 6.87. The van der Waals surface area contributed by atoms with Crippen molar-refractivity contribution in [3.63, 3.8) is 0 Å². The monoisotopic (exact) mass is 298 g/mol. The summed E-state index contributed by atoms with van der Waals surface area (Å²) in [7, 11) is 0. The number of thiophene rings is 1. The number of carbonyl (C=O) groups excluding carboxylic acids is 2. The quantitative estimate of drug-likeness (QED) is 0.591. The minimum absolute atomic E-state index is 0.0245. The topological polar surface area (TPSA) is 78.4 Å². The highest BCUT2D eigenvalue weighted by molar-refractivity contribution is 7.14. The van der Waals surface area contributed by atoms with E-state index in [1.54, 1.807) is 5.48 Å². The van der Waals surface area contributed by atoms with E-state index in [1.807, 2.05) is 40.7 Å². The molecule has 1 unspecified atom stereocenters. The van der Waals surface area contributed by atoms with E-state index < -0.39 is 11.3 Å². The summed E-state index contributed by atoms with van der Waals surface area (Å²) in [5, 5.41) is 11.7. The third-order valence-electron chi connectivity index (χ3n) is 2.98. The minimum atomic E-state index is -0.518. The number of amides is 2. The van der Waals surface area contributed by atoms with E-state index in [2.05, 4.69) is 5.32 Å². The summed E-state index contributed by atoms with van der Waals surface area (Å²) >= 11 is 1.29. The molecule has 0 saturated carbocycles. The van der Waals surface area contributed by atoms with Crippen molar-refractivity contribution in [2.75, 3.05) is 0 Å². The normalized spacial score (nSPS) is 12.9. The number of carbonyl (C=O) groups is 2. The van der Waals surface area contributed by atoms with Gasteiger partial charge in [0.2, 0.25) is 5.91 Å². The van der Waals surface area contributed by atoms with Gasteiger partial charge in [-0.05, 0) is 25.0 Å². The summed E-state index contributed by atoms with van der Waals surface area (Å²) < 4.78 is 0. The third-order valence-corrected chi connectivity index (χ3v) is 4.33. The zero-order valence-electron chi connectivity index (χ0n) is 12.5. The maximum atomic E-state index is 12.1. The van der Waals surface area contributed by atoms with Crippen molar-refractivity contribution in [2.24, 2.45) is 5.41 Å². The second-order valence-electron chi connectivity index (χ2n) is 5.79. The van der Waals surface area contributed by atoms with Crippen LogP contribution in [0.15, 0.2) is 6.07 Å². The summed E-state index contributed by atoms with van der Waals surface area (Å²) in [5.74, 6) is -0.542. The van der Waals surface area contributed by atoms with Crippen LogP contribution in [0.1, 0.15) is 60.3 Å². The minimum Gasteiger partial charge on any atom is -0.348 e. The van der Waals surface area contributed by atoms with E-state index in [4.69, 9.17) is 5.21 Å².